The van der Waals surface area contributed by atoms with Gasteiger partial charge >= 0.3 is 6.18 Å². The topological polar surface area (TPSA) is 21.3 Å². The Morgan fingerprint density at radius 3 is 2.50 bits per heavy atom. The van der Waals surface area contributed by atoms with Crippen molar-refractivity contribution >= 4 is 0 Å². The van der Waals surface area contributed by atoms with E-state index >= 15 is 0 Å². The van der Waals surface area contributed by atoms with Gasteiger partial charge in [-0.1, -0.05) is 6.92 Å². The predicted molar refractivity (Wildman–Crippen MR) is 47.1 cm³/mol. The summed E-state index contributed by atoms with van der Waals surface area (Å²) in [4.78, 5) is 0. The molecular formula is C9H16F3NO. The molecule has 0 unspecified atom stereocenters. The monoisotopic (exact) mass is 211 g/mol. The van der Waals surface area contributed by atoms with Crippen LogP contribution in [0.5, 0.6) is 0 Å². The second-order valence-electron chi connectivity index (χ2n) is 3.90. The van der Waals surface area contributed by atoms with Crippen molar-refractivity contribution in [1.82, 2.24) is 5.32 Å². The van der Waals surface area contributed by atoms with Crippen LogP contribution in [-0.4, -0.2) is 32.0 Å². The first kappa shape index (κ1) is 11.8. The van der Waals surface area contributed by atoms with Crippen molar-refractivity contribution in [3.05, 3.63) is 0 Å². The number of hydrogen-bond donors (Lipinski definition) is 1. The molecule has 0 aromatic rings. The van der Waals surface area contributed by atoms with Crippen LogP contribution in [0.3, 0.4) is 0 Å². The van der Waals surface area contributed by atoms with Crippen LogP contribution in [0, 0.1) is 5.92 Å². The van der Waals surface area contributed by atoms with Crippen molar-refractivity contribution in [1.29, 1.82) is 0 Å². The lowest BCUT2D eigenvalue weighted by atomic mass is 9.82. The highest BCUT2D eigenvalue weighted by atomic mass is 19.4. The number of hydrogen-bond acceptors (Lipinski definition) is 2. The highest BCUT2D eigenvalue weighted by molar-refractivity contribution is 4.81. The molecule has 84 valence electrons. The molecular weight excluding hydrogens is 195 g/mol. The Labute approximate surface area is 81.8 Å². The Kier molecular flexibility index (Phi) is 4.19. The maximum atomic E-state index is 11.6. The first-order valence-corrected chi connectivity index (χ1v) is 4.85. The molecule has 0 spiro atoms. The van der Waals surface area contributed by atoms with E-state index in [1.807, 2.05) is 0 Å². The van der Waals surface area contributed by atoms with E-state index in [0.717, 1.165) is 18.8 Å². The van der Waals surface area contributed by atoms with Crippen molar-refractivity contribution < 1.29 is 17.9 Å². The molecule has 14 heavy (non-hydrogen) atoms. The summed E-state index contributed by atoms with van der Waals surface area (Å²) in [5.41, 5.74) is 0. The lowest BCUT2D eigenvalue weighted by molar-refractivity contribution is -0.173. The Balaban J connectivity index is 1.85. The number of nitrogens with one attached hydrogen (secondary N) is 1. The van der Waals surface area contributed by atoms with E-state index in [9.17, 15) is 13.2 Å². The van der Waals surface area contributed by atoms with E-state index in [-0.39, 0.29) is 6.61 Å². The molecule has 1 fully saturated rings. The summed E-state index contributed by atoms with van der Waals surface area (Å²) in [6.07, 6.45) is -1.95. The van der Waals surface area contributed by atoms with Gasteiger partial charge in [-0.05, 0) is 18.8 Å². The highest BCUT2D eigenvalue weighted by Gasteiger charge is 2.27. The van der Waals surface area contributed by atoms with Crippen LogP contribution in [0.2, 0.25) is 0 Å². The van der Waals surface area contributed by atoms with Crippen molar-refractivity contribution in [3.63, 3.8) is 0 Å². The molecule has 1 N–H and O–H groups in total. The van der Waals surface area contributed by atoms with Gasteiger partial charge in [0.15, 0.2) is 0 Å². The van der Waals surface area contributed by atoms with Crippen LogP contribution in [0.15, 0.2) is 0 Å². The smallest absolute Gasteiger partial charge is 0.371 e. The van der Waals surface area contributed by atoms with E-state index in [2.05, 4.69) is 17.0 Å². The summed E-state index contributed by atoms with van der Waals surface area (Å²) in [6.45, 7) is 1.66. The summed E-state index contributed by atoms with van der Waals surface area (Å²) in [6, 6.07) is 0.486. The summed E-state index contributed by atoms with van der Waals surface area (Å²) < 4.78 is 39.3. The summed E-state index contributed by atoms with van der Waals surface area (Å²) in [7, 11) is 0. The minimum absolute atomic E-state index is 0.129. The Hall–Kier alpha value is -0.290. The van der Waals surface area contributed by atoms with Crippen LogP contribution in [0.4, 0.5) is 13.2 Å². The summed E-state index contributed by atoms with van der Waals surface area (Å²) >= 11 is 0. The predicted octanol–water partition coefficient (Wildman–Crippen LogP) is 1.95. The first-order chi connectivity index (χ1) is 6.47. The third-order valence-corrected chi connectivity index (χ3v) is 2.32. The Bertz CT molecular complexity index is 166. The quantitative estimate of drug-likeness (QED) is 0.702. The molecule has 1 rings (SSSR count). The van der Waals surface area contributed by atoms with Crippen molar-refractivity contribution in [2.75, 3.05) is 19.8 Å². The van der Waals surface area contributed by atoms with Gasteiger partial charge in [0.2, 0.25) is 0 Å². The molecule has 0 aromatic heterocycles. The molecule has 0 aliphatic heterocycles. The fourth-order valence-electron chi connectivity index (χ4n) is 1.59. The fraction of sp³-hybridized carbons (Fsp3) is 1.00. The number of rotatable bonds is 5. The zero-order chi connectivity index (χ0) is 10.6. The maximum Gasteiger partial charge on any atom is 0.411 e. The van der Waals surface area contributed by atoms with Gasteiger partial charge in [-0.25, -0.2) is 0 Å². The Morgan fingerprint density at radius 2 is 2.00 bits per heavy atom. The second kappa shape index (κ2) is 4.98. The molecule has 5 heteroatoms. The van der Waals surface area contributed by atoms with Crippen LogP contribution < -0.4 is 5.32 Å². The van der Waals surface area contributed by atoms with Gasteiger partial charge in [-0.2, -0.15) is 13.2 Å². The van der Waals surface area contributed by atoms with Crippen LogP contribution >= 0.6 is 0 Å². The van der Waals surface area contributed by atoms with E-state index < -0.39 is 12.8 Å². The molecule has 1 saturated carbocycles. The molecule has 0 radical (unpaired) electrons. The highest BCUT2D eigenvalue weighted by Crippen LogP contribution is 2.25. The van der Waals surface area contributed by atoms with Gasteiger partial charge < -0.3 is 10.1 Å². The van der Waals surface area contributed by atoms with Crippen LogP contribution in [0.1, 0.15) is 19.8 Å². The molecule has 0 saturated heterocycles. The summed E-state index contributed by atoms with van der Waals surface area (Å²) in [5, 5.41) is 3.14. The standard InChI is InChI=1S/C9H16F3NO/c1-7-4-8(5-7)13-2-3-14-6-9(10,11)12/h7-8,13H,2-6H2,1H3. The first-order valence-electron chi connectivity index (χ1n) is 4.85. The SMILES string of the molecule is CC1CC(NCCOCC(F)(F)F)C1. The van der Waals surface area contributed by atoms with E-state index in [4.69, 9.17) is 0 Å². The van der Waals surface area contributed by atoms with E-state index in [1.165, 1.54) is 0 Å². The third-order valence-electron chi connectivity index (χ3n) is 2.32. The Morgan fingerprint density at radius 1 is 1.36 bits per heavy atom. The molecule has 0 aromatic carbocycles. The van der Waals surface area contributed by atoms with Gasteiger partial charge in [0.1, 0.15) is 6.61 Å². The molecule has 2 nitrogen and oxygen atoms in total. The normalized spacial score (nSPS) is 27.4. The third kappa shape index (κ3) is 4.81. The summed E-state index contributed by atoms with van der Waals surface area (Å²) in [5.74, 6) is 0.753. The molecule has 0 bridgehead atoms. The van der Waals surface area contributed by atoms with Crippen LogP contribution in [0.25, 0.3) is 0 Å². The van der Waals surface area contributed by atoms with E-state index in [1.54, 1.807) is 0 Å². The van der Waals surface area contributed by atoms with Gasteiger partial charge in [0.05, 0.1) is 6.61 Å². The lowest BCUT2D eigenvalue weighted by Crippen LogP contribution is -2.41. The number of ether oxygens (including phenoxy) is 1. The van der Waals surface area contributed by atoms with Gasteiger partial charge in [-0.15, -0.1) is 0 Å². The van der Waals surface area contributed by atoms with Crippen LogP contribution in [-0.2, 0) is 4.74 Å². The fourth-order valence-corrected chi connectivity index (χ4v) is 1.59. The number of alkyl halides is 3. The zero-order valence-corrected chi connectivity index (χ0v) is 8.23. The maximum absolute atomic E-state index is 11.6. The minimum Gasteiger partial charge on any atom is -0.371 e. The average molecular weight is 211 g/mol. The lowest BCUT2D eigenvalue weighted by Gasteiger charge is -2.33. The number of halogens is 3. The van der Waals surface area contributed by atoms with Crippen molar-refractivity contribution in [2.24, 2.45) is 5.92 Å². The minimum atomic E-state index is -4.20. The second-order valence-corrected chi connectivity index (χ2v) is 3.90. The van der Waals surface area contributed by atoms with Gasteiger partial charge in [-0.3, -0.25) is 0 Å². The molecule has 1 aliphatic carbocycles. The molecule has 0 heterocycles. The van der Waals surface area contributed by atoms with Crippen molar-refractivity contribution in [3.8, 4) is 0 Å². The largest absolute Gasteiger partial charge is 0.411 e. The van der Waals surface area contributed by atoms with Gasteiger partial charge in [0.25, 0.3) is 0 Å². The molecule has 1 aliphatic rings. The van der Waals surface area contributed by atoms with E-state index in [0.29, 0.717) is 12.6 Å². The molecule has 0 amide bonds. The van der Waals surface area contributed by atoms with Gasteiger partial charge in [0, 0.05) is 12.6 Å². The van der Waals surface area contributed by atoms with Crippen molar-refractivity contribution in [2.45, 2.75) is 32.0 Å². The average Bonchev–Trinajstić information content (AvgIpc) is 1.98. The zero-order valence-electron chi connectivity index (χ0n) is 8.23. The molecule has 0 atom stereocenters.